The van der Waals surface area contributed by atoms with Crippen molar-refractivity contribution in [2.75, 3.05) is 31.1 Å². The standard InChI is InChI=1S/C18H17FN4OS/c1-12-10-13(19)11-20-16(12)18(24)23-8-6-22(7-9-23)17-14-4-2-3-5-15(14)25-21-17/h2-5,10-11H,6-9H2,1H3. The van der Waals surface area contributed by atoms with Crippen molar-refractivity contribution in [3.63, 3.8) is 0 Å². The molecular weight excluding hydrogens is 339 g/mol. The maximum Gasteiger partial charge on any atom is 0.272 e. The first-order valence-electron chi connectivity index (χ1n) is 8.14. The van der Waals surface area contributed by atoms with Crippen LogP contribution in [0.2, 0.25) is 0 Å². The Morgan fingerprint density at radius 2 is 1.96 bits per heavy atom. The Morgan fingerprint density at radius 1 is 1.20 bits per heavy atom. The molecule has 1 aliphatic rings. The van der Waals surface area contributed by atoms with Gasteiger partial charge in [-0.25, -0.2) is 9.37 Å². The fraction of sp³-hybridized carbons (Fsp3) is 0.278. The zero-order valence-corrected chi connectivity index (χ0v) is 14.6. The smallest absolute Gasteiger partial charge is 0.272 e. The van der Waals surface area contributed by atoms with Gasteiger partial charge in [-0.2, -0.15) is 4.37 Å². The van der Waals surface area contributed by atoms with E-state index in [1.807, 2.05) is 12.1 Å². The van der Waals surface area contributed by atoms with Crippen LogP contribution < -0.4 is 4.90 Å². The van der Waals surface area contributed by atoms with E-state index in [2.05, 4.69) is 26.4 Å². The van der Waals surface area contributed by atoms with Crippen molar-refractivity contribution in [3.05, 3.63) is 53.6 Å². The van der Waals surface area contributed by atoms with Crippen molar-refractivity contribution >= 4 is 33.3 Å². The van der Waals surface area contributed by atoms with Gasteiger partial charge in [-0.15, -0.1) is 0 Å². The second kappa shape index (κ2) is 6.40. The van der Waals surface area contributed by atoms with Crippen LogP contribution in [0.25, 0.3) is 10.1 Å². The molecule has 5 nitrogen and oxygen atoms in total. The van der Waals surface area contributed by atoms with Gasteiger partial charge in [-0.1, -0.05) is 12.1 Å². The third kappa shape index (κ3) is 2.95. The first kappa shape index (κ1) is 16.0. The Balaban J connectivity index is 1.49. The number of benzene rings is 1. The van der Waals surface area contributed by atoms with E-state index >= 15 is 0 Å². The van der Waals surface area contributed by atoms with Crippen molar-refractivity contribution in [1.82, 2.24) is 14.3 Å². The third-order valence-corrected chi connectivity index (χ3v) is 5.29. The lowest BCUT2D eigenvalue weighted by atomic mass is 10.1. The highest BCUT2D eigenvalue weighted by Gasteiger charge is 2.26. The van der Waals surface area contributed by atoms with Crippen molar-refractivity contribution in [2.45, 2.75) is 6.92 Å². The largest absolute Gasteiger partial charge is 0.352 e. The summed E-state index contributed by atoms with van der Waals surface area (Å²) in [6.07, 6.45) is 1.10. The van der Waals surface area contributed by atoms with Gasteiger partial charge in [0.2, 0.25) is 0 Å². The fourth-order valence-corrected chi connectivity index (χ4v) is 3.93. The number of nitrogens with zero attached hydrogens (tertiary/aromatic N) is 4. The van der Waals surface area contributed by atoms with Gasteiger partial charge in [0.1, 0.15) is 17.3 Å². The molecule has 0 N–H and O–H groups in total. The van der Waals surface area contributed by atoms with Gasteiger partial charge < -0.3 is 9.80 Å². The number of pyridine rings is 1. The Hall–Kier alpha value is -2.54. The molecule has 1 saturated heterocycles. The first-order chi connectivity index (χ1) is 12.1. The molecule has 3 aromatic rings. The van der Waals surface area contributed by atoms with E-state index in [0.717, 1.165) is 30.5 Å². The normalized spacial score (nSPS) is 15.0. The van der Waals surface area contributed by atoms with Crippen LogP contribution in [0.15, 0.2) is 36.5 Å². The van der Waals surface area contributed by atoms with Crippen LogP contribution in [-0.2, 0) is 0 Å². The Kier molecular flexibility index (Phi) is 4.09. The molecule has 0 bridgehead atoms. The van der Waals surface area contributed by atoms with E-state index in [4.69, 9.17) is 0 Å². The van der Waals surface area contributed by atoms with E-state index in [-0.39, 0.29) is 5.91 Å². The molecule has 3 heterocycles. The van der Waals surface area contributed by atoms with Crippen LogP contribution in [-0.4, -0.2) is 46.3 Å². The van der Waals surface area contributed by atoms with Crippen molar-refractivity contribution < 1.29 is 9.18 Å². The molecule has 1 fully saturated rings. The molecule has 0 unspecified atom stereocenters. The molecule has 7 heteroatoms. The molecule has 4 rings (SSSR count). The summed E-state index contributed by atoms with van der Waals surface area (Å²) >= 11 is 1.50. The summed E-state index contributed by atoms with van der Waals surface area (Å²) < 4.78 is 18.9. The van der Waals surface area contributed by atoms with E-state index in [0.29, 0.717) is 24.3 Å². The number of amides is 1. The quantitative estimate of drug-likeness (QED) is 0.708. The molecule has 1 aromatic carbocycles. The number of halogens is 1. The van der Waals surface area contributed by atoms with Gasteiger partial charge in [0.15, 0.2) is 0 Å². The van der Waals surface area contributed by atoms with Crippen LogP contribution in [0.3, 0.4) is 0 Å². The minimum Gasteiger partial charge on any atom is -0.352 e. The van der Waals surface area contributed by atoms with E-state index in [9.17, 15) is 9.18 Å². The Labute approximate surface area is 148 Å². The van der Waals surface area contributed by atoms with Gasteiger partial charge in [0.05, 0.1) is 10.9 Å². The second-order valence-corrected chi connectivity index (χ2v) is 6.91. The van der Waals surface area contributed by atoms with Gasteiger partial charge in [-0.05, 0) is 42.2 Å². The van der Waals surface area contributed by atoms with Crippen LogP contribution >= 0.6 is 11.5 Å². The van der Waals surface area contributed by atoms with E-state index in [1.54, 1.807) is 11.8 Å². The third-order valence-electron chi connectivity index (χ3n) is 4.47. The monoisotopic (exact) mass is 356 g/mol. The summed E-state index contributed by atoms with van der Waals surface area (Å²) in [6.45, 7) is 4.35. The molecule has 1 amide bonds. The SMILES string of the molecule is Cc1cc(F)cnc1C(=O)N1CCN(c2nsc3ccccc23)CC1. The maximum atomic E-state index is 13.2. The predicted molar refractivity (Wildman–Crippen MR) is 96.7 cm³/mol. The lowest BCUT2D eigenvalue weighted by Crippen LogP contribution is -2.49. The second-order valence-electron chi connectivity index (χ2n) is 6.10. The molecule has 0 radical (unpaired) electrons. The fourth-order valence-electron chi connectivity index (χ4n) is 3.14. The average molecular weight is 356 g/mol. The highest BCUT2D eigenvalue weighted by molar-refractivity contribution is 7.13. The van der Waals surface area contributed by atoms with E-state index in [1.165, 1.54) is 22.3 Å². The van der Waals surface area contributed by atoms with Gasteiger partial charge in [0.25, 0.3) is 5.91 Å². The van der Waals surface area contributed by atoms with Gasteiger partial charge in [-0.3, -0.25) is 4.79 Å². The lowest BCUT2D eigenvalue weighted by molar-refractivity contribution is 0.0740. The topological polar surface area (TPSA) is 49.3 Å². The number of carbonyl (C=O) groups is 1. The summed E-state index contributed by atoms with van der Waals surface area (Å²) in [7, 11) is 0. The number of aromatic nitrogens is 2. The maximum absolute atomic E-state index is 13.2. The molecule has 128 valence electrons. The number of rotatable bonds is 2. The minimum atomic E-state index is -0.422. The first-order valence-corrected chi connectivity index (χ1v) is 8.91. The van der Waals surface area contributed by atoms with Crippen molar-refractivity contribution in [3.8, 4) is 0 Å². The molecule has 25 heavy (non-hydrogen) atoms. The Morgan fingerprint density at radius 3 is 2.72 bits per heavy atom. The van der Waals surface area contributed by atoms with Crippen LogP contribution in [0.1, 0.15) is 16.1 Å². The van der Waals surface area contributed by atoms with Crippen molar-refractivity contribution in [2.24, 2.45) is 0 Å². The summed E-state index contributed by atoms with van der Waals surface area (Å²) in [5.41, 5.74) is 0.895. The van der Waals surface area contributed by atoms with Crippen LogP contribution in [0.5, 0.6) is 0 Å². The minimum absolute atomic E-state index is 0.139. The van der Waals surface area contributed by atoms with Crippen LogP contribution in [0.4, 0.5) is 10.2 Å². The number of hydrogen-bond acceptors (Lipinski definition) is 5. The number of carbonyl (C=O) groups excluding carboxylic acids is 1. The predicted octanol–water partition coefficient (Wildman–Crippen LogP) is 3.10. The lowest BCUT2D eigenvalue weighted by Gasteiger charge is -2.35. The van der Waals surface area contributed by atoms with Crippen molar-refractivity contribution in [1.29, 1.82) is 0 Å². The highest BCUT2D eigenvalue weighted by Crippen LogP contribution is 2.30. The Bertz CT molecular complexity index is 934. The summed E-state index contributed by atoms with van der Waals surface area (Å²) in [6, 6.07) is 9.52. The number of fused-ring (bicyclic) bond motifs is 1. The average Bonchev–Trinajstić information content (AvgIpc) is 3.05. The number of piperazine rings is 1. The van der Waals surface area contributed by atoms with Gasteiger partial charge >= 0.3 is 0 Å². The number of aryl methyl sites for hydroxylation is 1. The zero-order chi connectivity index (χ0) is 17.4. The number of anilines is 1. The molecule has 1 aliphatic heterocycles. The summed E-state index contributed by atoms with van der Waals surface area (Å²) in [5.74, 6) is 0.429. The molecule has 0 saturated carbocycles. The molecular formula is C18H17FN4OS. The van der Waals surface area contributed by atoms with E-state index < -0.39 is 5.82 Å². The molecule has 2 aromatic heterocycles. The number of hydrogen-bond donors (Lipinski definition) is 0. The summed E-state index contributed by atoms with van der Waals surface area (Å²) in [4.78, 5) is 20.6. The zero-order valence-electron chi connectivity index (χ0n) is 13.8. The highest BCUT2D eigenvalue weighted by atomic mass is 32.1. The molecule has 0 spiro atoms. The van der Waals surface area contributed by atoms with Crippen LogP contribution in [0, 0.1) is 12.7 Å². The molecule has 0 aliphatic carbocycles. The molecule has 0 atom stereocenters. The van der Waals surface area contributed by atoms with Gasteiger partial charge in [0, 0.05) is 31.6 Å². The summed E-state index contributed by atoms with van der Waals surface area (Å²) in [5, 5.41) is 1.16.